The SMILES string of the molecule is COc1ccc(C2=CNC(N)C(c3ccc(NC(=O)c4cn(CC5(C)CCOCC5)cc(-c5ccc(F)cc5)c4=O)cc3)=C2)cc1OC. The molecule has 248 valence electrons. The van der Waals surface area contributed by atoms with E-state index in [1.165, 1.54) is 12.1 Å². The van der Waals surface area contributed by atoms with Gasteiger partial charge in [-0.25, -0.2) is 4.39 Å². The van der Waals surface area contributed by atoms with E-state index < -0.39 is 23.3 Å². The molecule has 2 aliphatic rings. The van der Waals surface area contributed by atoms with E-state index in [0.29, 0.717) is 48.1 Å². The Kier molecular flexibility index (Phi) is 9.47. The summed E-state index contributed by atoms with van der Waals surface area (Å²) < 4.78 is 32.0. The van der Waals surface area contributed by atoms with Crippen LogP contribution in [0.3, 0.4) is 0 Å². The van der Waals surface area contributed by atoms with Gasteiger partial charge < -0.3 is 35.1 Å². The van der Waals surface area contributed by atoms with Gasteiger partial charge in [-0.05, 0) is 88.6 Å². The summed E-state index contributed by atoms with van der Waals surface area (Å²) in [4.78, 5) is 27.4. The Hall–Kier alpha value is -5.19. The van der Waals surface area contributed by atoms with E-state index in [4.69, 9.17) is 19.9 Å². The largest absolute Gasteiger partial charge is 0.493 e. The van der Waals surface area contributed by atoms with Gasteiger partial charge in [0.25, 0.3) is 5.91 Å². The number of amides is 1. The molecule has 1 aromatic heterocycles. The van der Waals surface area contributed by atoms with Crippen molar-refractivity contribution in [3.8, 4) is 22.6 Å². The molecule has 1 saturated heterocycles. The lowest BCUT2D eigenvalue weighted by molar-refractivity contribution is 0.0154. The fourth-order valence-corrected chi connectivity index (χ4v) is 6.14. The van der Waals surface area contributed by atoms with Gasteiger partial charge in [0.15, 0.2) is 11.5 Å². The van der Waals surface area contributed by atoms with Crippen molar-refractivity contribution in [3.63, 3.8) is 0 Å². The third-order valence-electron chi connectivity index (χ3n) is 9.00. The van der Waals surface area contributed by atoms with E-state index >= 15 is 0 Å². The number of methoxy groups -OCH3 is 2. The van der Waals surface area contributed by atoms with Crippen LogP contribution in [0.5, 0.6) is 11.5 Å². The van der Waals surface area contributed by atoms with E-state index in [0.717, 1.165) is 35.1 Å². The van der Waals surface area contributed by atoms with Crippen LogP contribution in [0, 0.1) is 11.2 Å². The van der Waals surface area contributed by atoms with E-state index in [1.807, 2.05) is 47.2 Å². The van der Waals surface area contributed by atoms with E-state index in [1.54, 1.807) is 50.9 Å². The van der Waals surface area contributed by atoms with Crippen molar-refractivity contribution in [2.45, 2.75) is 32.5 Å². The number of dihydropyridines is 1. The fourth-order valence-electron chi connectivity index (χ4n) is 6.14. The van der Waals surface area contributed by atoms with Crippen molar-refractivity contribution in [2.75, 3.05) is 32.8 Å². The van der Waals surface area contributed by atoms with Gasteiger partial charge in [0.1, 0.15) is 17.5 Å². The second-order valence-corrected chi connectivity index (χ2v) is 12.5. The Bertz CT molecular complexity index is 1930. The second-order valence-electron chi connectivity index (χ2n) is 12.5. The van der Waals surface area contributed by atoms with Crippen LogP contribution >= 0.6 is 0 Å². The maximum Gasteiger partial charge on any atom is 0.261 e. The van der Waals surface area contributed by atoms with Crippen molar-refractivity contribution in [3.05, 3.63) is 124 Å². The number of halogens is 1. The number of ether oxygens (including phenoxy) is 3. The number of pyridine rings is 1. The number of carbonyl (C=O) groups is 1. The highest BCUT2D eigenvalue weighted by atomic mass is 19.1. The highest BCUT2D eigenvalue weighted by Gasteiger charge is 2.28. The van der Waals surface area contributed by atoms with Crippen LogP contribution in [0.1, 0.15) is 41.3 Å². The summed E-state index contributed by atoms with van der Waals surface area (Å²) in [6.07, 6.45) is 8.51. The minimum absolute atomic E-state index is 0.00229. The van der Waals surface area contributed by atoms with Gasteiger partial charge in [0, 0.05) is 49.6 Å². The molecule has 4 N–H and O–H groups in total. The minimum Gasteiger partial charge on any atom is -0.493 e. The lowest BCUT2D eigenvalue weighted by Gasteiger charge is -2.34. The summed E-state index contributed by atoms with van der Waals surface area (Å²) >= 11 is 0. The molecule has 3 heterocycles. The van der Waals surface area contributed by atoms with Gasteiger partial charge in [-0.1, -0.05) is 37.3 Å². The number of rotatable bonds is 9. The molecule has 3 aromatic carbocycles. The molecule has 2 aliphatic heterocycles. The predicted octanol–water partition coefficient (Wildman–Crippen LogP) is 6.05. The van der Waals surface area contributed by atoms with Gasteiger partial charge >= 0.3 is 0 Å². The summed E-state index contributed by atoms with van der Waals surface area (Å²) in [7, 11) is 3.19. The molecule has 9 nitrogen and oxygen atoms in total. The quantitative estimate of drug-likeness (QED) is 0.202. The molecule has 0 saturated carbocycles. The summed E-state index contributed by atoms with van der Waals surface area (Å²) in [6.45, 7) is 4.11. The lowest BCUT2D eigenvalue weighted by Crippen LogP contribution is -2.36. The second kappa shape index (κ2) is 13.9. The molecule has 1 amide bonds. The molecular formula is C38H39FN4O5. The summed E-state index contributed by atoms with van der Waals surface area (Å²) in [5.41, 5.74) is 10.9. The molecule has 6 rings (SSSR count). The molecule has 1 atom stereocenters. The molecule has 0 aliphatic carbocycles. The average Bonchev–Trinajstić information content (AvgIpc) is 3.10. The molecule has 4 aromatic rings. The van der Waals surface area contributed by atoms with Gasteiger partial charge in [0.2, 0.25) is 5.43 Å². The van der Waals surface area contributed by atoms with Crippen molar-refractivity contribution in [2.24, 2.45) is 11.1 Å². The maximum absolute atomic E-state index is 13.7. The van der Waals surface area contributed by atoms with Crippen LogP contribution in [0.2, 0.25) is 0 Å². The molecule has 0 radical (unpaired) electrons. The van der Waals surface area contributed by atoms with Crippen LogP contribution in [-0.4, -0.2) is 44.1 Å². The number of anilines is 1. The van der Waals surface area contributed by atoms with Crippen LogP contribution in [0.4, 0.5) is 10.1 Å². The Balaban J connectivity index is 1.26. The molecule has 0 bridgehead atoms. The predicted molar refractivity (Wildman–Crippen MR) is 185 cm³/mol. The number of aromatic nitrogens is 1. The van der Waals surface area contributed by atoms with Crippen LogP contribution in [0.25, 0.3) is 22.3 Å². The smallest absolute Gasteiger partial charge is 0.261 e. The van der Waals surface area contributed by atoms with Gasteiger partial charge in [0.05, 0.1) is 14.2 Å². The Morgan fingerprint density at radius 2 is 1.65 bits per heavy atom. The maximum atomic E-state index is 13.7. The number of benzene rings is 3. The molecule has 1 fully saturated rings. The third-order valence-corrected chi connectivity index (χ3v) is 9.00. The lowest BCUT2D eigenvalue weighted by atomic mass is 9.82. The van der Waals surface area contributed by atoms with Crippen LogP contribution < -0.4 is 31.3 Å². The topological polar surface area (TPSA) is 117 Å². The Morgan fingerprint density at radius 1 is 0.979 bits per heavy atom. The molecule has 10 heteroatoms. The van der Waals surface area contributed by atoms with E-state index in [-0.39, 0.29) is 11.0 Å². The first-order valence-corrected chi connectivity index (χ1v) is 15.8. The van der Waals surface area contributed by atoms with E-state index in [9.17, 15) is 14.0 Å². The zero-order valence-electron chi connectivity index (χ0n) is 27.2. The molecule has 0 spiro atoms. The van der Waals surface area contributed by atoms with Gasteiger partial charge in [-0.2, -0.15) is 0 Å². The van der Waals surface area contributed by atoms with E-state index in [2.05, 4.69) is 17.6 Å². The first-order chi connectivity index (χ1) is 23.2. The number of carbonyl (C=O) groups excluding carboxylic acids is 1. The highest BCUT2D eigenvalue weighted by molar-refractivity contribution is 6.04. The zero-order chi connectivity index (χ0) is 33.8. The normalized spacial score (nSPS) is 17.1. The highest BCUT2D eigenvalue weighted by Crippen LogP contribution is 2.34. The van der Waals surface area contributed by atoms with Crippen molar-refractivity contribution in [1.29, 1.82) is 0 Å². The Morgan fingerprint density at radius 3 is 2.33 bits per heavy atom. The number of nitrogens with one attached hydrogen (secondary N) is 2. The third kappa shape index (κ3) is 7.05. The van der Waals surface area contributed by atoms with Crippen LogP contribution in [0.15, 0.2) is 96.2 Å². The minimum atomic E-state index is -0.531. The number of hydrogen-bond donors (Lipinski definition) is 3. The standard InChI is InChI=1S/C38H39FN4O5/c1-38(14-16-48-17-15-38)23-43-21-31(25-4-9-28(39)10-5-25)35(44)32(22-43)37(45)42-29-11-6-24(7-12-29)30-18-27(20-41-36(30)40)26-8-13-33(46-2)34(19-26)47-3/h4-13,18-22,36,41H,14-17,23,40H2,1-3H3,(H,42,45). The monoisotopic (exact) mass is 650 g/mol. The van der Waals surface area contributed by atoms with Gasteiger partial charge in [-0.3, -0.25) is 9.59 Å². The first-order valence-electron chi connectivity index (χ1n) is 15.8. The number of nitrogens with two attached hydrogens (primary N) is 1. The number of nitrogens with zero attached hydrogens (tertiary/aromatic N) is 1. The van der Waals surface area contributed by atoms with Crippen LogP contribution in [-0.2, 0) is 11.3 Å². The number of allylic oxidation sites excluding steroid dienone is 2. The van der Waals surface area contributed by atoms with Gasteiger partial charge in [-0.15, -0.1) is 0 Å². The van der Waals surface area contributed by atoms with Crippen molar-refractivity contribution >= 4 is 22.7 Å². The number of hydrogen-bond acceptors (Lipinski definition) is 7. The molecule has 1 unspecified atom stereocenters. The molecule has 48 heavy (non-hydrogen) atoms. The summed E-state index contributed by atoms with van der Waals surface area (Å²) in [5.74, 6) is 0.323. The first kappa shape index (κ1) is 32.7. The van der Waals surface area contributed by atoms with Crippen molar-refractivity contribution in [1.82, 2.24) is 9.88 Å². The summed E-state index contributed by atoms with van der Waals surface area (Å²) in [6, 6.07) is 18.7. The average molecular weight is 651 g/mol. The fraction of sp³-hybridized carbons (Fsp3) is 0.263. The molecular weight excluding hydrogens is 611 g/mol. The summed E-state index contributed by atoms with van der Waals surface area (Å²) in [5, 5.41) is 6.11. The van der Waals surface area contributed by atoms with Crippen molar-refractivity contribution < 1.29 is 23.4 Å². The Labute approximate surface area is 278 Å². The zero-order valence-corrected chi connectivity index (χ0v) is 27.2.